The maximum atomic E-state index is 12.5. The van der Waals surface area contributed by atoms with Gasteiger partial charge in [0.15, 0.2) is 18.1 Å². The van der Waals surface area contributed by atoms with Gasteiger partial charge in [-0.1, -0.05) is 0 Å². The number of nitriles is 2. The van der Waals surface area contributed by atoms with Crippen molar-refractivity contribution in [2.24, 2.45) is 0 Å². The molecular formula is C19H22N4O6. The number of anilines is 1. The van der Waals surface area contributed by atoms with Crippen LogP contribution in [0.15, 0.2) is 12.1 Å². The Morgan fingerprint density at radius 3 is 2.07 bits per heavy atom. The number of carbonyl (C=O) groups excluding carboxylic acids is 3. The number of benzene rings is 1. The zero-order valence-corrected chi connectivity index (χ0v) is 16.5. The molecular weight excluding hydrogens is 380 g/mol. The first-order valence-corrected chi connectivity index (χ1v) is 8.60. The molecule has 0 radical (unpaired) electrons. The molecule has 0 heterocycles. The Hall–Kier alpha value is -3.79. The molecule has 2 amide bonds. The van der Waals surface area contributed by atoms with Crippen molar-refractivity contribution in [3.05, 3.63) is 17.7 Å². The van der Waals surface area contributed by atoms with Crippen LogP contribution in [0.25, 0.3) is 0 Å². The predicted molar refractivity (Wildman–Crippen MR) is 101 cm³/mol. The zero-order chi connectivity index (χ0) is 21.8. The first kappa shape index (κ1) is 23.2. The lowest BCUT2D eigenvalue weighted by atomic mass is 10.1. The fourth-order valence-corrected chi connectivity index (χ4v) is 2.37. The highest BCUT2D eigenvalue weighted by atomic mass is 16.5. The van der Waals surface area contributed by atoms with Crippen molar-refractivity contribution in [1.82, 2.24) is 4.90 Å². The van der Waals surface area contributed by atoms with Crippen LogP contribution in [0, 0.1) is 22.7 Å². The Bertz CT molecular complexity index is 822. The lowest BCUT2D eigenvalue weighted by Gasteiger charge is -2.20. The maximum absolute atomic E-state index is 12.5. The molecule has 10 nitrogen and oxygen atoms in total. The fourth-order valence-electron chi connectivity index (χ4n) is 2.37. The second-order valence-corrected chi connectivity index (χ2v) is 5.71. The van der Waals surface area contributed by atoms with E-state index in [9.17, 15) is 14.4 Å². The Morgan fingerprint density at radius 2 is 1.59 bits per heavy atom. The van der Waals surface area contributed by atoms with Gasteiger partial charge in [0.1, 0.15) is 0 Å². The quantitative estimate of drug-likeness (QED) is 0.580. The third-order valence-corrected chi connectivity index (χ3v) is 3.72. The number of hydrogen-bond acceptors (Lipinski definition) is 8. The first-order valence-electron chi connectivity index (χ1n) is 8.60. The zero-order valence-electron chi connectivity index (χ0n) is 16.5. The number of nitrogens with one attached hydrogen (secondary N) is 1. The van der Waals surface area contributed by atoms with E-state index in [1.807, 2.05) is 12.1 Å². The second-order valence-electron chi connectivity index (χ2n) is 5.71. The summed E-state index contributed by atoms with van der Waals surface area (Å²) in [6.07, 6.45) is 0.181. The number of rotatable bonds is 10. The molecule has 0 saturated heterocycles. The molecule has 1 aromatic carbocycles. The van der Waals surface area contributed by atoms with E-state index in [0.717, 1.165) is 0 Å². The van der Waals surface area contributed by atoms with Crippen LogP contribution < -0.4 is 14.8 Å². The lowest BCUT2D eigenvalue weighted by molar-refractivity contribution is -0.134. The number of ether oxygens (including phenoxy) is 3. The third kappa shape index (κ3) is 7.03. The van der Waals surface area contributed by atoms with Gasteiger partial charge < -0.3 is 24.4 Å². The molecule has 0 aliphatic carbocycles. The van der Waals surface area contributed by atoms with Gasteiger partial charge in [-0.05, 0) is 0 Å². The van der Waals surface area contributed by atoms with E-state index in [4.69, 9.17) is 24.7 Å². The molecule has 0 atom stereocenters. The number of nitrogens with zero attached hydrogens (tertiary/aromatic N) is 3. The normalized spacial score (nSPS) is 9.55. The second kappa shape index (κ2) is 11.8. The molecule has 154 valence electrons. The summed E-state index contributed by atoms with van der Waals surface area (Å²) in [6, 6.07) is 6.58. The molecule has 0 saturated carbocycles. The van der Waals surface area contributed by atoms with Gasteiger partial charge in [-0.15, -0.1) is 0 Å². The van der Waals surface area contributed by atoms with Gasteiger partial charge in [0, 0.05) is 32.1 Å². The van der Waals surface area contributed by atoms with Crippen LogP contribution in [0.3, 0.4) is 0 Å². The van der Waals surface area contributed by atoms with Gasteiger partial charge >= 0.3 is 5.97 Å². The van der Waals surface area contributed by atoms with Crippen LogP contribution in [0.1, 0.15) is 30.1 Å². The van der Waals surface area contributed by atoms with E-state index in [2.05, 4.69) is 5.32 Å². The Kier molecular flexibility index (Phi) is 9.48. The highest BCUT2D eigenvalue weighted by Gasteiger charge is 2.21. The highest BCUT2D eigenvalue weighted by Crippen LogP contribution is 2.33. The largest absolute Gasteiger partial charge is 0.493 e. The molecule has 0 aliphatic rings. The van der Waals surface area contributed by atoms with Crippen LogP contribution >= 0.6 is 0 Å². The van der Waals surface area contributed by atoms with Crippen LogP contribution in [-0.2, 0) is 14.3 Å². The van der Waals surface area contributed by atoms with Gasteiger partial charge in [-0.2, -0.15) is 10.5 Å². The van der Waals surface area contributed by atoms with Crippen molar-refractivity contribution in [1.29, 1.82) is 10.5 Å². The van der Waals surface area contributed by atoms with E-state index >= 15 is 0 Å². The molecule has 1 aromatic rings. The van der Waals surface area contributed by atoms with Gasteiger partial charge in [-0.25, -0.2) is 4.79 Å². The van der Waals surface area contributed by atoms with E-state index in [1.54, 1.807) is 0 Å². The molecule has 0 unspecified atom stereocenters. The van der Waals surface area contributed by atoms with Gasteiger partial charge in [0.05, 0.1) is 50.5 Å². The van der Waals surface area contributed by atoms with E-state index in [-0.39, 0.29) is 42.9 Å². The van der Waals surface area contributed by atoms with Gasteiger partial charge in [-0.3, -0.25) is 9.59 Å². The standard InChI is InChI=1S/C19H22N4O6/c1-13(24)22-15-11-17(28-3)16(27-2)10-14(15)19(26)29-12-18(25)23(8-4-6-20)9-5-7-21/h10-11H,4-5,8-9,12H2,1-3H3,(H,22,24). The van der Waals surface area contributed by atoms with Crippen molar-refractivity contribution in [3.63, 3.8) is 0 Å². The monoisotopic (exact) mass is 402 g/mol. The summed E-state index contributed by atoms with van der Waals surface area (Å²) in [5, 5.41) is 19.9. The summed E-state index contributed by atoms with van der Waals surface area (Å²) in [4.78, 5) is 37.5. The average Bonchev–Trinajstić information content (AvgIpc) is 2.71. The lowest BCUT2D eigenvalue weighted by Crippen LogP contribution is -2.36. The molecule has 1 rings (SSSR count). The number of methoxy groups -OCH3 is 2. The number of amides is 2. The third-order valence-electron chi connectivity index (χ3n) is 3.72. The number of esters is 1. The predicted octanol–water partition coefficient (Wildman–Crippen LogP) is 1.47. The molecule has 29 heavy (non-hydrogen) atoms. The molecule has 0 aliphatic heterocycles. The fraction of sp³-hybridized carbons (Fsp3) is 0.421. The summed E-state index contributed by atoms with van der Waals surface area (Å²) >= 11 is 0. The Balaban J connectivity index is 2.99. The van der Waals surface area contributed by atoms with E-state index in [0.29, 0.717) is 5.75 Å². The Morgan fingerprint density at radius 1 is 1.03 bits per heavy atom. The van der Waals surface area contributed by atoms with Crippen LogP contribution in [0.5, 0.6) is 11.5 Å². The van der Waals surface area contributed by atoms with Crippen LogP contribution in [0.2, 0.25) is 0 Å². The van der Waals surface area contributed by atoms with Crippen LogP contribution in [-0.4, -0.2) is 56.6 Å². The summed E-state index contributed by atoms with van der Waals surface area (Å²) < 4.78 is 15.4. The van der Waals surface area contributed by atoms with Crippen molar-refractivity contribution in [3.8, 4) is 23.6 Å². The molecule has 0 fully saturated rings. The molecule has 0 spiro atoms. The molecule has 10 heteroatoms. The summed E-state index contributed by atoms with van der Waals surface area (Å²) in [7, 11) is 2.79. The summed E-state index contributed by atoms with van der Waals surface area (Å²) in [5.41, 5.74) is 0.115. The molecule has 0 aromatic heterocycles. The van der Waals surface area contributed by atoms with E-state index in [1.165, 1.54) is 38.2 Å². The Labute approximate surface area is 168 Å². The smallest absolute Gasteiger partial charge is 0.340 e. The summed E-state index contributed by atoms with van der Waals surface area (Å²) in [5.74, 6) is -1.27. The maximum Gasteiger partial charge on any atom is 0.340 e. The molecule has 1 N–H and O–H groups in total. The minimum absolute atomic E-state index is 0.0220. The highest BCUT2D eigenvalue weighted by molar-refractivity contribution is 6.02. The first-order chi connectivity index (χ1) is 13.9. The number of carbonyl (C=O) groups is 3. The summed E-state index contributed by atoms with van der Waals surface area (Å²) in [6.45, 7) is 0.950. The average molecular weight is 402 g/mol. The minimum Gasteiger partial charge on any atom is -0.493 e. The molecule has 0 bridgehead atoms. The van der Waals surface area contributed by atoms with Crippen molar-refractivity contribution in [2.45, 2.75) is 19.8 Å². The SMILES string of the molecule is COc1cc(NC(C)=O)c(C(=O)OCC(=O)N(CCC#N)CCC#N)cc1OC. The number of hydrogen-bond donors (Lipinski definition) is 1. The van der Waals surface area contributed by atoms with E-state index < -0.39 is 24.4 Å². The van der Waals surface area contributed by atoms with Gasteiger partial charge in [0.2, 0.25) is 5.91 Å². The van der Waals surface area contributed by atoms with Gasteiger partial charge in [0.25, 0.3) is 5.91 Å². The van der Waals surface area contributed by atoms with Crippen molar-refractivity contribution in [2.75, 3.05) is 39.2 Å². The van der Waals surface area contributed by atoms with Crippen molar-refractivity contribution >= 4 is 23.5 Å². The van der Waals surface area contributed by atoms with Crippen molar-refractivity contribution < 1.29 is 28.6 Å². The topological polar surface area (TPSA) is 142 Å². The minimum atomic E-state index is -0.858. The van der Waals surface area contributed by atoms with Crippen LogP contribution in [0.4, 0.5) is 5.69 Å².